The summed E-state index contributed by atoms with van der Waals surface area (Å²) in [7, 11) is 0. The standard InChI is InChI=1S/C19H12F10N2O3/c20-11-2-1-3-12(21)13(11)14(32)31-16(33)30-9-4-6-10(7-5-9)34-8-17(24,25)19(28,29)18(26,27)15(22)23/h1-7,15H,8H2,(H2,30,31,32,33). The topological polar surface area (TPSA) is 67.4 Å². The van der Waals surface area contributed by atoms with Gasteiger partial charge in [-0.2, -0.15) is 26.3 Å². The van der Waals surface area contributed by atoms with Crippen LogP contribution in [0.25, 0.3) is 0 Å². The maximum absolute atomic E-state index is 13.5. The van der Waals surface area contributed by atoms with Crippen LogP contribution in [0.2, 0.25) is 0 Å². The molecule has 0 heterocycles. The number of ether oxygens (including phenoxy) is 1. The van der Waals surface area contributed by atoms with Crippen LogP contribution < -0.4 is 15.4 Å². The SMILES string of the molecule is O=C(NC(=O)c1c(F)cccc1F)Nc1ccc(OCC(F)(F)C(F)(F)C(F)(F)C(F)F)cc1. The summed E-state index contributed by atoms with van der Waals surface area (Å²) in [5.74, 6) is -23.0. The second-order valence-corrected chi connectivity index (χ2v) is 6.52. The second-order valence-electron chi connectivity index (χ2n) is 6.52. The van der Waals surface area contributed by atoms with Crippen molar-refractivity contribution >= 4 is 17.6 Å². The van der Waals surface area contributed by atoms with Crippen molar-refractivity contribution in [2.24, 2.45) is 0 Å². The Labute approximate surface area is 183 Å². The summed E-state index contributed by atoms with van der Waals surface area (Å²) in [6.07, 6.45) is -5.06. The van der Waals surface area contributed by atoms with Crippen LogP contribution >= 0.6 is 0 Å². The minimum Gasteiger partial charge on any atom is -0.487 e. The van der Waals surface area contributed by atoms with E-state index in [0.717, 1.165) is 42.5 Å². The van der Waals surface area contributed by atoms with E-state index in [2.05, 4.69) is 4.74 Å². The third kappa shape index (κ3) is 5.51. The number of amides is 3. The molecule has 0 aliphatic heterocycles. The van der Waals surface area contributed by atoms with Gasteiger partial charge in [0.2, 0.25) is 0 Å². The molecule has 0 atom stereocenters. The van der Waals surface area contributed by atoms with Crippen molar-refractivity contribution in [3.8, 4) is 5.75 Å². The van der Waals surface area contributed by atoms with Gasteiger partial charge in [0.25, 0.3) is 5.91 Å². The molecule has 0 radical (unpaired) electrons. The average molecular weight is 506 g/mol. The zero-order valence-corrected chi connectivity index (χ0v) is 16.3. The Morgan fingerprint density at radius 3 is 1.91 bits per heavy atom. The Kier molecular flexibility index (Phi) is 7.68. The smallest absolute Gasteiger partial charge is 0.381 e. The van der Waals surface area contributed by atoms with Gasteiger partial charge in [0.15, 0.2) is 6.61 Å². The highest BCUT2D eigenvalue weighted by Gasteiger charge is 2.75. The first-order valence-corrected chi connectivity index (χ1v) is 8.81. The molecule has 0 fully saturated rings. The number of carbonyl (C=O) groups is 2. The average Bonchev–Trinajstić information content (AvgIpc) is 2.72. The maximum atomic E-state index is 13.5. The number of carbonyl (C=O) groups excluding carboxylic acids is 2. The number of hydrogen-bond donors (Lipinski definition) is 2. The summed E-state index contributed by atoms with van der Waals surface area (Å²) in [6.45, 7) is -2.39. The molecular weight excluding hydrogens is 494 g/mol. The van der Waals surface area contributed by atoms with Gasteiger partial charge in [-0.25, -0.2) is 22.4 Å². The highest BCUT2D eigenvalue weighted by molar-refractivity contribution is 6.08. The zero-order chi connectivity index (χ0) is 25.9. The third-order valence-corrected chi connectivity index (χ3v) is 4.10. The number of urea groups is 1. The quantitative estimate of drug-likeness (QED) is 0.467. The summed E-state index contributed by atoms with van der Waals surface area (Å²) in [6, 6.07) is 4.68. The van der Waals surface area contributed by atoms with E-state index in [1.165, 1.54) is 0 Å². The van der Waals surface area contributed by atoms with Gasteiger partial charge in [-0.15, -0.1) is 0 Å². The summed E-state index contributed by atoms with van der Waals surface area (Å²) in [5, 5.41) is 3.63. The molecule has 15 heteroatoms. The molecule has 2 aromatic rings. The van der Waals surface area contributed by atoms with E-state index in [4.69, 9.17) is 0 Å². The number of halogens is 10. The fraction of sp³-hybridized carbons (Fsp3) is 0.263. The van der Waals surface area contributed by atoms with Crippen molar-refractivity contribution in [2.75, 3.05) is 11.9 Å². The van der Waals surface area contributed by atoms with Crippen LogP contribution in [0, 0.1) is 11.6 Å². The van der Waals surface area contributed by atoms with E-state index >= 15 is 0 Å². The van der Waals surface area contributed by atoms with Crippen LogP contribution in [0.1, 0.15) is 10.4 Å². The molecule has 2 aromatic carbocycles. The van der Waals surface area contributed by atoms with Crippen LogP contribution in [-0.4, -0.2) is 42.7 Å². The number of anilines is 1. The molecule has 0 aromatic heterocycles. The minimum atomic E-state index is -6.43. The monoisotopic (exact) mass is 506 g/mol. The Morgan fingerprint density at radius 1 is 0.882 bits per heavy atom. The molecule has 0 spiro atoms. The van der Waals surface area contributed by atoms with Crippen molar-refractivity contribution in [3.05, 3.63) is 59.7 Å². The first-order chi connectivity index (χ1) is 15.6. The van der Waals surface area contributed by atoms with Crippen molar-refractivity contribution in [2.45, 2.75) is 24.2 Å². The highest BCUT2D eigenvalue weighted by Crippen LogP contribution is 2.48. The van der Waals surface area contributed by atoms with Gasteiger partial charge in [0, 0.05) is 5.69 Å². The second kappa shape index (κ2) is 9.77. The molecule has 0 unspecified atom stereocenters. The van der Waals surface area contributed by atoms with Gasteiger partial charge >= 0.3 is 30.2 Å². The lowest BCUT2D eigenvalue weighted by Crippen LogP contribution is -2.59. The lowest BCUT2D eigenvalue weighted by molar-refractivity contribution is -0.342. The van der Waals surface area contributed by atoms with Gasteiger partial charge in [-0.1, -0.05) is 6.07 Å². The number of benzene rings is 2. The largest absolute Gasteiger partial charge is 0.487 e. The van der Waals surface area contributed by atoms with Crippen LogP contribution in [0.3, 0.4) is 0 Å². The molecule has 2 N–H and O–H groups in total. The van der Waals surface area contributed by atoms with Crippen LogP contribution in [-0.2, 0) is 0 Å². The predicted molar refractivity (Wildman–Crippen MR) is 95.6 cm³/mol. The van der Waals surface area contributed by atoms with Crippen molar-refractivity contribution in [3.63, 3.8) is 0 Å². The predicted octanol–water partition coefficient (Wildman–Crippen LogP) is 5.48. The number of rotatable bonds is 8. The summed E-state index contributed by atoms with van der Waals surface area (Å²) in [4.78, 5) is 23.6. The molecule has 0 saturated heterocycles. The normalized spacial score (nSPS) is 12.4. The fourth-order valence-electron chi connectivity index (χ4n) is 2.32. The zero-order valence-electron chi connectivity index (χ0n) is 16.3. The lowest BCUT2D eigenvalue weighted by atomic mass is 10.1. The van der Waals surface area contributed by atoms with Gasteiger partial charge < -0.3 is 10.1 Å². The van der Waals surface area contributed by atoms with Gasteiger partial charge in [-0.05, 0) is 36.4 Å². The number of alkyl halides is 8. The first kappa shape index (κ1) is 26.7. The molecule has 0 saturated carbocycles. The Balaban J connectivity index is 1.99. The first-order valence-electron chi connectivity index (χ1n) is 8.81. The van der Waals surface area contributed by atoms with Crippen molar-refractivity contribution in [1.29, 1.82) is 0 Å². The molecule has 3 amide bonds. The van der Waals surface area contributed by atoms with E-state index in [1.807, 2.05) is 5.32 Å². The van der Waals surface area contributed by atoms with E-state index in [-0.39, 0.29) is 5.69 Å². The van der Waals surface area contributed by atoms with Crippen LogP contribution in [0.4, 0.5) is 54.4 Å². The molecular formula is C19H12F10N2O3. The van der Waals surface area contributed by atoms with E-state index in [9.17, 15) is 53.5 Å². The molecule has 186 valence electrons. The molecule has 0 bridgehead atoms. The van der Waals surface area contributed by atoms with Crippen LogP contribution in [0.5, 0.6) is 5.75 Å². The molecule has 0 aliphatic carbocycles. The number of nitrogens with one attached hydrogen (secondary N) is 2. The molecule has 5 nitrogen and oxygen atoms in total. The summed E-state index contributed by atoms with van der Waals surface area (Å²) in [5.41, 5.74) is -1.20. The molecule has 0 aliphatic rings. The Morgan fingerprint density at radius 2 is 1.41 bits per heavy atom. The Bertz CT molecular complexity index is 1020. The minimum absolute atomic E-state index is 0.159. The Hall–Kier alpha value is -3.52. The van der Waals surface area contributed by atoms with E-state index < -0.39 is 65.7 Å². The lowest BCUT2D eigenvalue weighted by Gasteiger charge is -2.32. The third-order valence-electron chi connectivity index (χ3n) is 4.10. The molecule has 34 heavy (non-hydrogen) atoms. The number of hydrogen-bond acceptors (Lipinski definition) is 3. The van der Waals surface area contributed by atoms with Gasteiger partial charge in [-0.3, -0.25) is 10.1 Å². The van der Waals surface area contributed by atoms with Gasteiger partial charge in [0.1, 0.15) is 22.9 Å². The van der Waals surface area contributed by atoms with Gasteiger partial charge in [0.05, 0.1) is 0 Å². The summed E-state index contributed by atoms with van der Waals surface area (Å²) >= 11 is 0. The fourth-order valence-corrected chi connectivity index (χ4v) is 2.32. The van der Waals surface area contributed by atoms with Crippen molar-refractivity contribution < 1.29 is 58.2 Å². The number of imide groups is 1. The van der Waals surface area contributed by atoms with Crippen molar-refractivity contribution in [1.82, 2.24) is 5.32 Å². The van der Waals surface area contributed by atoms with E-state index in [0.29, 0.717) is 0 Å². The van der Waals surface area contributed by atoms with Crippen LogP contribution in [0.15, 0.2) is 42.5 Å². The maximum Gasteiger partial charge on any atom is 0.381 e. The highest BCUT2D eigenvalue weighted by atomic mass is 19.4. The van der Waals surface area contributed by atoms with E-state index in [1.54, 1.807) is 5.32 Å². The summed E-state index contributed by atoms with van der Waals surface area (Å²) < 4.78 is 134. The molecule has 2 rings (SSSR count).